The van der Waals surface area contributed by atoms with Crippen molar-refractivity contribution in [3.05, 3.63) is 59.4 Å². The summed E-state index contributed by atoms with van der Waals surface area (Å²) in [6.07, 6.45) is -4.70. The molecule has 21 heavy (non-hydrogen) atoms. The van der Waals surface area contributed by atoms with Gasteiger partial charge in [-0.25, -0.2) is 9.18 Å². The molecule has 1 N–H and O–H groups in total. The van der Waals surface area contributed by atoms with Crippen LogP contribution in [0.4, 0.5) is 17.6 Å². The summed E-state index contributed by atoms with van der Waals surface area (Å²) in [5.41, 5.74) is -1.68. The molecule has 0 spiro atoms. The molecule has 0 aliphatic heterocycles. The van der Waals surface area contributed by atoms with Gasteiger partial charge in [-0.3, -0.25) is 0 Å². The summed E-state index contributed by atoms with van der Waals surface area (Å²) in [5, 5.41) is 8.93. The summed E-state index contributed by atoms with van der Waals surface area (Å²) in [4.78, 5) is 11.0. The number of halogens is 4. The molecule has 7 heteroatoms. The smallest absolute Gasteiger partial charge is 0.419 e. The van der Waals surface area contributed by atoms with Crippen LogP contribution in [0, 0.1) is 5.82 Å². The third-order valence-electron chi connectivity index (χ3n) is 2.60. The summed E-state index contributed by atoms with van der Waals surface area (Å²) in [5.74, 6) is -4.00. The number of carboxylic acids is 1. The van der Waals surface area contributed by atoms with Crippen LogP contribution in [-0.2, 0) is 6.18 Å². The zero-order valence-corrected chi connectivity index (χ0v) is 10.3. The van der Waals surface area contributed by atoms with Crippen LogP contribution in [0.5, 0.6) is 11.5 Å². The first-order valence-electron chi connectivity index (χ1n) is 5.66. The number of hydrogen-bond acceptors (Lipinski definition) is 2. The van der Waals surface area contributed by atoms with Crippen molar-refractivity contribution >= 4 is 5.97 Å². The highest BCUT2D eigenvalue weighted by Gasteiger charge is 2.34. The van der Waals surface area contributed by atoms with Gasteiger partial charge in [0.1, 0.15) is 11.3 Å². The summed E-state index contributed by atoms with van der Waals surface area (Å²) in [7, 11) is 0. The molecule has 110 valence electrons. The van der Waals surface area contributed by atoms with Crippen molar-refractivity contribution in [2.45, 2.75) is 6.18 Å². The van der Waals surface area contributed by atoms with Crippen LogP contribution in [0.3, 0.4) is 0 Å². The van der Waals surface area contributed by atoms with Gasteiger partial charge in [-0.05, 0) is 24.3 Å². The van der Waals surface area contributed by atoms with Gasteiger partial charge in [0.15, 0.2) is 11.6 Å². The van der Waals surface area contributed by atoms with Gasteiger partial charge in [0.2, 0.25) is 0 Å². The molecule has 2 aromatic rings. The molecular weight excluding hydrogens is 292 g/mol. The summed E-state index contributed by atoms with van der Waals surface area (Å²) >= 11 is 0. The molecule has 0 saturated heterocycles. The number of aromatic carboxylic acids is 1. The number of ether oxygens (including phenoxy) is 1. The van der Waals surface area contributed by atoms with E-state index in [1.54, 1.807) is 0 Å². The fraction of sp³-hybridized carbons (Fsp3) is 0.0714. The van der Waals surface area contributed by atoms with Gasteiger partial charge in [-0.1, -0.05) is 18.2 Å². The zero-order chi connectivity index (χ0) is 15.6. The van der Waals surface area contributed by atoms with E-state index in [2.05, 4.69) is 0 Å². The predicted octanol–water partition coefficient (Wildman–Crippen LogP) is 4.34. The minimum Gasteiger partial charge on any atom is -0.478 e. The molecular formula is C14H8F4O3. The highest BCUT2D eigenvalue weighted by atomic mass is 19.4. The van der Waals surface area contributed by atoms with Gasteiger partial charge in [0.05, 0.1) is 5.56 Å². The normalized spacial score (nSPS) is 11.2. The zero-order valence-electron chi connectivity index (χ0n) is 10.3. The van der Waals surface area contributed by atoms with Crippen LogP contribution < -0.4 is 4.74 Å². The highest BCUT2D eigenvalue weighted by Crippen LogP contribution is 2.39. The van der Waals surface area contributed by atoms with E-state index in [0.29, 0.717) is 0 Å². The van der Waals surface area contributed by atoms with E-state index >= 15 is 0 Å². The molecule has 0 unspecified atom stereocenters. The minimum atomic E-state index is -4.70. The lowest BCUT2D eigenvalue weighted by Gasteiger charge is -2.15. The number of benzene rings is 2. The Hall–Kier alpha value is -2.57. The Morgan fingerprint density at radius 1 is 1.05 bits per heavy atom. The van der Waals surface area contributed by atoms with Crippen LogP contribution in [0.25, 0.3) is 0 Å². The van der Waals surface area contributed by atoms with E-state index in [9.17, 15) is 22.4 Å². The Balaban J connectivity index is 2.52. The average molecular weight is 300 g/mol. The van der Waals surface area contributed by atoms with Crippen molar-refractivity contribution in [3.8, 4) is 11.5 Å². The average Bonchev–Trinajstić information content (AvgIpc) is 2.40. The van der Waals surface area contributed by atoms with Crippen LogP contribution in [-0.4, -0.2) is 11.1 Å². The maximum atomic E-state index is 13.7. The Bertz CT molecular complexity index is 680. The topological polar surface area (TPSA) is 46.5 Å². The van der Waals surface area contributed by atoms with Crippen LogP contribution in [0.15, 0.2) is 42.5 Å². The maximum Gasteiger partial charge on any atom is 0.419 e. The molecule has 2 rings (SSSR count). The minimum absolute atomic E-state index is 0.563. The third-order valence-corrected chi connectivity index (χ3v) is 2.60. The first-order chi connectivity index (χ1) is 9.80. The number of carbonyl (C=O) groups is 1. The van der Waals surface area contributed by atoms with E-state index in [4.69, 9.17) is 9.84 Å². The van der Waals surface area contributed by atoms with E-state index in [-0.39, 0.29) is 0 Å². The SMILES string of the molecule is O=C(O)c1cccc(F)c1Oc1ccccc1C(F)(F)F. The van der Waals surface area contributed by atoms with Crippen molar-refractivity contribution in [1.82, 2.24) is 0 Å². The molecule has 0 atom stereocenters. The Morgan fingerprint density at radius 2 is 1.71 bits per heavy atom. The number of para-hydroxylation sites is 2. The number of alkyl halides is 3. The second-order valence-electron chi connectivity index (χ2n) is 4.02. The summed E-state index contributed by atoms with van der Waals surface area (Å²) in [6.45, 7) is 0. The van der Waals surface area contributed by atoms with E-state index in [1.165, 1.54) is 6.07 Å². The molecule has 0 bridgehead atoms. The lowest BCUT2D eigenvalue weighted by atomic mass is 10.1. The number of carboxylic acid groups (broad SMARTS) is 1. The summed E-state index contributed by atoms with van der Waals surface area (Å²) in [6, 6.07) is 7.23. The lowest BCUT2D eigenvalue weighted by Crippen LogP contribution is -2.08. The van der Waals surface area contributed by atoms with Gasteiger partial charge in [0.25, 0.3) is 0 Å². The fourth-order valence-corrected chi connectivity index (χ4v) is 1.68. The molecule has 0 fully saturated rings. The maximum absolute atomic E-state index is 13.7. The lowest BCUT2D eigenvalue weighted by molar-refractivity contribution is -0.138. The quantitative estimate of drug-likeness (QED) is 0.858. The largest absolute Gasteiger partial charge is 0.478 e. The van der Waals surface area contributed by atoms with Crippen molar-refractivity contribution in [2.75, 3.05) is 0 Å². The standard InChI is InChI=1S/C14H8F4O3/c15-10-6-3-4-8(13(19)20)12(10)21-11-7-2-1-5-9(11)14(16,17)18/h1-7H,(H,19,20). The second kappa shape index (κ2) is 5.43. The van der Waals surface area contributed by atoms with Crippen LogP contribution in [0.2, 0.25) is 0 Å². The molecule has 0 amide bonds. The van der Waals surface area contributed by atoms with Crippen molar-refractivity contribution in [2.24, 2.45) is 0 Å². The molecule has 2 aromatic carbocycles. The Labute approximate surface area is 116 Å². The third kappa shape index (κ3) is 3.13. The van der Waals surface area contributed by atoms with Gasteiger partial charge in [-0.15, -0.1) is 0 Å². The van der Waals surface area contributed by atoms with Crippen molar-refractivity contribution in [1.29, 1.82) is 0 Å². The molecule has 3 nitrogen and oxygen atoms in total. The molecule has 0 aromatic heterocycles. The molecule has 0 aliphatic rings. The first kappa shape index (κ1) is 14.8. The van der Waals surface area contributed by atoms with Crippen molar-refractivity contribution < 1.29 is 32.2 Å². The molecule has 0 radical (unpaired) electrons. The van der Waals surface area contributed by atoms with Gasteiger partial charge < -0.3 is 9.84 Å². The molecule has 0 aliphatic carbocycles. The second-order valence-corrected chi connectivity index (χ2v) is 4.02. The van der Waals surface area contributed by atoms with Gasteiger partial charge in [0, 0.05) is 0 Å². The number of rotatable bonds is 3. The molecule has 0 heterocycles. The Kier molecular flexibility index (Phi) is 3.84. The fourth-order valence-electron chi connectivity index (χ4n) is 1.68. The van der Waals surface area contributed by atoms with Gasteiger partial charge >= 0.3 is 12.1 Å². The monoisotopic (exact) mass is 300 g/mol. The number of hydrogen-bond donors (Lipinski definition) is 1. The Morgan fingerprint density at radius 3 is 2.33 bits per heavy atom. The molecule has 0 saturated carbocycles. The summed E-state index contributed by atoms with van der Waals surface area (Å²) < 4.78 is 57.0. The van der Waals surface area contributed by atoms with E-state index in [0.717, 1.165) is 36.4 Å². The van der Waals surface area contributed by atoms with E-state index in [1.807, 2.05) is 0 Å². The van der Waals surface area contributed by atoms with Crippen LogP contribution >= 0.6 is 0 Å². The van der Waals surface area contributed by atoms with Gasteiger partial charge in [-0.2, -0.15) is 13.2 Å². The van der Waals surface area contributed by atoms with Crippen molar-refractivity contribution in [3.63, 3.8) is 0 Å². The van der Waals surface area contributed by atoms with Crippen LogP contribution in [0.1, 0.15) is 15.9 Å². The predicted molar refractivity (Wildman–Crippen MR) is 64.9 cm³/mol. The first-order valence-corrected chi connectivity index (χ1v) is 5.66. The van der Waals surface area contributed by atoms with E-state index < -0.39 is 40.6 Å². The highest BCUT2D eigenvalue weighted by molar-refractivity contribution is 5.91.